The summed E-state index contributed by atoms with van der Waals surface area (Å²) < 4.78 is 13.7. The lowest BCUT2D eigenvalue weighted by atomic mass is 10.0. The van der Waals surface area contributed by atoms with E-state index in [1.165, 1.54) is 12.1 Å². The second kappa shape index (κ2) is 3.77. The van der Waals surface area contributed by atoms with Crippen LogP contribution in [-0.2, 0) is 0 Å². The van der Waals surface area contributed by atoms with Crippen LogP contribution < -0.4 is 0 Å². The van der Waals surface area contributed by atoms with Crippen LogP contribution in [0.4, 0.5) is 10.1 Å². The largest absolute Gasteiger partial charge is 0.618 e. The smallest absolute Gasteiger partial charge is 0.272 e. The molecular formula is C14H8FNO2. The topological polar surface area (TPSA) is 43.1 Å². The number of benzene rings is 2. The standard InChI is InChI=1S/C14H8FNO2/c15-10-6-7-12-11(8-10)14(17)13(16(12)18)9-4-2-1-3-5-9/h1-8H. The summed E-state index contributed by atoms with van der Waals surface area (Å²) in [6.07, 6.45) is 0. The molecule has 0 unspecified atom stereocenters. The minimum Gasteiger partial charge on any atom is -0.618 e. The molecule has 3 nitrogen and oxygen atoms in total. The Labute approximate surface area is 102 Å². The zero-order valence-electron chi connectivity index (χ0n) is 9.26. The molecule has 0 amide bonds. The van der Waals surface area contributed by atoms with Gasteiger partial charge in [-0.15, -0.1) is 0 Å². The number of hydrogen-bond donors (Lipinski definition) is 0. The highest BCUT2D eigenvalue weighted by Crippen LogP contribution is 2.28. The van der Waals surface area contributed by atoms with Gasteiger partial charge in [-0.25, -0.2) is 4.39 Å². The number of carbonyl (C=O) groups excluding carboxylic acids is 1. The number of halogens is 1. The Kier molecular flexibility index (Phi) is 2.23. The molecule has 4 heteroatoms. The summed E-state index contributed by atoms with van der Waals surface area (Å²) in [7, 11) is 0. The third-order valence-electron chi connectivity index (χ3n) is 2.89. The van der Waals surface area contributed by atoms with Crippen molar-refractivity contribution in [3.05, 3.63) is 70.7 Å². The van der Waals surface area contributed by atoms with Gasteiger partial charge in [-0.1, -0.05) is 18.2 Å². The second-order valence-corrected chi connectivity index (χ2v) is 4.00. The highest BCUT2D eigenvalue weighted by atomic mass is 19.1. The minimum absolute atomic E-state index is 0.0381. The Hall–Kier alpha value is -2.49. The monoisotopic (exact) mass is 241 g/mol. The molecule has 18 heavy (non-hydrogen) atoms. The number of fused-ring (bicyclic) bond motifs is 1. The van der Waals surface area contributed by atoms with Crippen LogP contribution in [0.5, 0.6) is 0 Å². The predicted molar refractivity (Wildman–Crippen MR) is 64.6 cm³/mol. The summed E-state index contributed by atoms with van der Waals surface area (Å²) in [6.45, 7) is 0. The van der Waals surface area contributed by atoms with Crippen molar-refractivity contribution < 1.29 is 13.9 Å². The fraction of sp³-hybridized carbons (Fsp3) is 0. The Bertz CT molecular complexity index is 677. The molecule has 1 aliphatic rings. The van der Waals surface area contributed by atoms with Crippen LogP contribution in [0.3, 0.4) is 0 Å². The third kappa shape index (κ3) is 1.43. The van der Waals surface area contributed by atoms with Gasteiger partial charge in [0.1, 0.15) is 11.4 Å². The van der Waals surface area contributed by atoms with Crippen LogP contribution in [0.1, 0.15) is 15.9 Å². The molecule has 0 aliphatic carbocycles. The SMILES string of the molecule is O=C1C(c2ccccc2)=[N+]([O-])c2ccc(F)cc21. The van der Waals surface area contributed by atoms with Crippen LogP contribution in [0.15, 0.2) is 48.5 Å². The van der Waals surface area contributed by atoms with Crippen molar-refractivity contribution >= 4 is 17.2 Å². The zero-order chi connectivity index (χ0) is 12.7. The van der Waals surface area contributed by atoms with Gasteiger partial charge in [-0.2, -0.15) is 4.74 Å². The lowest BCUT2D eigenvalue weighted by molar-refractivity contribution is -0.355. The molecule has 0 atom stereocenters. The van der Waals surface area contributed by atoms with Gasteiger partial charge >= 0.3 is 0 Å². The van der Waals surface area contributed by atoms with Crippen molar-refractivity contribution in [1.29, 1.82) is 0 Å². The van der Waals surface area contributed by atoms with E-state index in [2.05, 4.69) is 0 Å². The van der Waals surface area contributed by atoms with Gasteiger partial charge in [0.05, 0.1) is 5.56 Å². The lowest BCUT2D eigenvalue weighted by Gasteiger charge is -2.01. The van der Waals surface area contributed by atoms with Gasteiger partial charge in [0.2, 0.25) is 5.69 Å². The summed E-state index contributed by atoms with van der Waals surface area (Å²) in [5, 5.41) is 12.1. The van der Waals surface area contributed by atoms with Crippen LogP contribution in [0.25, 0.3) is 0 Å². The summed E-state index contributed by atoms with van der Waals surface area (Å²) in [4.78, 5) is 12.1. The second-order valence-electron chi connectivity index (χ2n) is 4.00. The van der Waals surface area contributed by atoms with Gasteiger partial charge in [-0.3, -0.25) is 4.79 Å². The molecule has 0 N–H and O–H groups in total. The average molecular weight is 241 g/mol. The number of carbonyl (C=O) groups is 1. The van der Waals surface area contributed by atoms with Crippen molar-refractivity contribution in [3.63, 3.8) is 0 Å². The Morgan fingerprint density at radius 3 is 2.50 bits per heavy atom. The van der Waals surface area contributed by atoms with E-state index in [1.807, 2.05) is 0 Å². The molecule has 0 radical (unpaired) electrons. The Balaban J connectivity index is 2.21. The molecule has 0 spiro atoms. The van der Waals surface area contributed by atoms with Gasteiger partial charge < -0.3 is 5.21 Å². The van der Waals surface area contributed by atoms with E-state index < -0.39 is 11.6 Å². The van der Waals surface area contributed by atoms with Crippen LogP contribution in [0.2, 0.25) is 0 Å². The molecular weight excluding hydrogens is 233 g/mol. The first kappa shape index (κ1) is 10.7. The van der Waals surface area contributed by atoms with Crippen molar-refractivity contribution in [1.82, 2.24) is 0 Å². The van der Waals surface area contributed by atoms with E-state index in [0.717, 1.165) is 6.07 Å². The van der Waals surface area contributed by atoms with Gasteiger partial charge in [-0.05, 0) is 24.3 Å². The molecule has 88 valence electrons. The first-order chi connectivity index (χ1) is 8.68. The molecule has 1 aliphatic heterocycles. The molecule has 0 bridgehead atoms. The maximum absolute atomic E-state index is 13.1. The quantitative estimate of drug-likeness (QED) is 0.569. The van der Waals surface area contributed by atoms with E-state index in [1.54, 1.807) is 30.3 Å². The predicted octanol–water partition coefficient (Wildman–Crippen LogP) is 2.65. The highest BCUT2D eigenvalue weighted by molar-refractivity contribution is 6.52. The summed E-state index contributed by atoms with van der Waals surface area (Å²) >= 11 is 0. The fourth-order valence-electron chi connectivity index (χ4n) is 2.05. The van der Waals surface area contributed by atoms with Crippen LogP contribution >= 0.6 is 0 Å². The molecule has 2 aromatic rings. The first-order valence-corrected chi connectivity index (χ1v) is 5.42. The van der Waals surface area contributed by atoms with Crippen molar-refractivity contribution in [3.8, 4) is 0 Å². The van der Waals surface area contributed by atoms with Crippen molar-refractivity contribution in [2.24, 2.45) is 0 Å². The maximum Gasteiger partial charge on any atom is 0.272 e. The molecule has 0 saturated heterocycles. The lowest BCUT2D eigenvalue weighted by Crippen LogP contribution is -2.16. The first-order valence-electron chi connectivity index (χ1n) is 5.42. The van der Waals surface area contributed by atoms with Gasteiger partial charge in [0.15, 0.2) is 0 Å². The average Bonchev–Trinajstić information content (AvgIpc) is 2.63. The number of Topliss-reactive ketones (excluding diaryl/α,β-unsaturated/α-hetero) is 1. The summed E-state index contributed by atoms with van der Waals surface area (Å²) in [6, 6.07) is 12.2. The molecule has 0 fully saturated rings. The van der Waals surface area contributed by atoms with Crippen molar-refractivity contribution in [2.75, 3.05) is 0 Å². The maximum atomic E-state index is 13.1. The minimum atomic E-state index is -0.523. The Morgan fingerprint density at radius 1 is 1.06 bits per heavy atom. The zero-order valence-corrected chi connectivity index (χ0v) is 9.26. The van der Waals surface area contributed by atoms with E-state index in [9.17, 15) is 14.4 Å². The van der Waals surface area contributed by atoms with E-state index in [0.29, 0.717) is 10.3 Å². The summed E-state index contributed by atoms with van der Waals surface area (Å²) in [5.41, 5.74) is 0.884. The van der Waals surface area contributed by atoms with Crippen molar-refractivity contribution in [2.45, 2.75) is 0 Å². The fourth-order valence-corrected chi connectivity index (χ4v) is 2.05. The van der Waals surface area contributed by atoms with Gasteiger partial charge in [0, 0.05) is 6.07 Å². The molecule has 3 rings (SSSR count). The summed E-state index contributed by atoms with van der Waals surface area (Å²) in [5.74, 6) is -0.962. The molecule has 0 aromatic heterocycles. The normalized spacial score (nSPS) is 13.9. The van der Waals surface area contributed by atoms with E-state index in [4.69, 9.17) is 0 Å². The molecule has 2 aromatic carbocycles. The van der Waals surface area contributed by atoms with Gasteiger partial charge in [0.25, 0.3) is 11.5 Å². The molecule has 1 heterocycles. The third-order valence-corrected chi connectivity index (χ3v) is 2.89. The Morgan fingerprint density at radius 2 is 1.78 bits per heavy atom. The number of hydrogen-bond acceptors (Lipinski definition) is 2. The highest BCUT2D eigenvalue weighted by Gasteiger charge is 2.36. The van der Waals surface area contributed by atoms with E-state index >= 15 is 0 Å². The number of rotatable bonds is 1. The number of nitrogens with zero attached hydrogens (tertiary/aromatic N) is 1. The van der Waals surface area contributed by atoms with E-state index in [-0.39, 0.29) is 17.0 Å². The van der Waals surface area contributed by atoms with Crippen LogP contribution in [-0.4, -0.2) is 16.2 Å². The van der Waals surface area contributed by atoms with Crippen LogP contribution in [0, 0.1) is 11.0 Å². The molecule has 0 saturated carbocycles. The number of ketones is 1.